The van der Waals surface area contributed by atoms with Crippen molar-refractivity contribution in [3.05, 3.63) is 36.5 Å². The number of anilines is 1. The van der Waals surface area contributed by atoms with Gasteiger partial charge in [-0.2, -0.15) is 5.10 Å². The number of rotatable bonds is 3. The van der Waals surface area contributed by atoms with E-state index in [0.29, 0.717) is 0 Å². The fourth-order valence-corrected chi connectivity index (χ4v) is 3.67. The molecule has 0 spiro atoms. The van der Waals surface area contributed by atoms with Crippen LogP contribution in [0.1, 0.15) is 26.2 Å². The highest BCUT2D eigenvalue weighted by atomic mass is 15.3. The van der Waals surface area contributed by atoms with E-state index in [-0.39, 0.29) is 0 Å². The van der Waals surface area contributed by atoms with Crippen LogP contribution in [0.4, 0.5) is 5.82 Å². The first-order chi connectivity index (χ1) is 11.8. The predicted molar refractivity (Wildman–Crippen MR) is 97.0 cm³/mol. The molecule has 1 aromatic carbocycles. The summed E-state index contributed by atoms with van der Waals surface area (Å²) in [5, 5.41) is 15.8. The number of hydrogen-bond donors (Lipinski definition) is 0. The maximum absolute atomic E-state index is 4.61. The Hall–Kier alpha value is -2.43. The lowest BCUT2D eigenvalue weighted by Crippen LogP contribution is -2.34. The smallest absolute Gasteiger partial charge is 0.159 e. The van der Waals surface area contributed by atoms with Crippen LogP contribution in [0.2, 0.25) is 0 Å². The minimum absolute atomic E-state index is 0.856. The van der Waals surface area contributed by atoms with Gasteiger partial charge in [-0.3, -0.25) is 4.68 Å². The first-order valence-corrected chi connectivity index (χ1v) is 8.76. The van der Waals surface area contributed by atoms with Crippen LogP contribution in [0.5, 0.6) is 0 Å². The molecule has 1 aliphatic heterocycles. The van der Waals surface area contributed by atoms with Gasteiger partial charge in [0.1, 0.15) is 5.69 Å². The molecule has 0 unspecified atom stereocenters. The van der Waals surface area contributed by atoms with Crippen LogP contribution in [0.3, 0.4) is 0 Å². The van der Waals surface area contributed by atoms with Gasteiger partial charge in [-0.25, -0.2) is 0 Å². The molecular formula is C19H23N5. The lowest BCUT2D eigenvalue weighted by molar-refractivity contribution is 0.394. The quantitative estimate of drug-likeness (QED) is 0.738. The molecule has 1 fully saturated rings. The number of nitrogens with zero attached hydrogens (tertiary/aromatic N) is 5. The van der Waals surface area contributed by atoms with E-state index < -0.39 is 0 Å². The van der Waals surface area contributed by atoms with Crippen molar-refractivity contribution in [1.82, 2.24) is 20.0 Å². The zero-order valence-electron chi connectivity index (χ0n) is 14.3. The number of piperidine rings is 1. The summed E-state index contributed by atoms with van der Waals surface area (Å²) in [4.78, 5) is 2.40. The van der Waals surface area contributed by atoms with Crippen molar-refractivity contribution in [2.75, 3.05) is 18.0 Å². The largest absolute Gasteiger partial charge is 0.355 e. The minimum Gasteiger partial charge on any atom is -0.355 e. The topological polar surface area (TPSA) is 46.8 Å². The monoisotopic (exact) mass is 321 g/mol. The van der Waals surface area contributed by atoms with E-state index in [1.807, 2.05) is 17.8 Å². The van der Waals surface area contributed by atoms with Gasteiger partial charge < -0.3 is 4.90 Å². The van der Waals surface area contributed by atoms with Crippen molar-refractivity contribution in [3.63, 3.8) is 0 Å². The number of benzene rings is 1. The number of aromatic nitrogens is 4. The maximum Gasteiger partial charge on any atom is 0.159 e. The van der Waals surface area contributed by atoms with E-state index in [9.17, 15) is 0 Å². The van der Waals surface area contributed by atoms with Crippen LogP contribution >= 0.6 is 0 Å². The molecule has 5 heteroatoms. The summed E-state index contributed by atoms with van der Waals surface area (Å²) in [6.07, 6.45) is 5.57. The van der Waals surface area contributed by atoms with Gasteiger partial charge in [-0.05, 0) is 24.8 Å². The summed E-state index contributed by atoms with van der Waals surface area (Å²) in [7, 11) is 1.94. The Morgan fingerprint density at radius 2 is 1.79 bits per heavy atom. The highest BCUT2D eigenvalue weighted by Crippen LogP contribution is 2.33. The second kappa shape index (κ2) is 6.23. The first-order valence-electron chi connectivity index (χ1n) is 8.76. The lowest BCUT2D eigenvalue weighted by Gasteiger charge is -2.32. The second-order valence-corrected chi connectivity index (χ2v) is 6.60. The summed E-state index contributed by atoms with van der Waals surface area (Å²) in [6.45, 7) is 4.43. The van der Waals surface area contributed by atoms with Crippen molar-refractivity contribution in [2.45, 2.75) is 26.2 Å². The Balaban J connectivity index is 1.78. The molecular weight excluding hydrogens is 298 g/mol. The van der Waals surface area contributed by atoms with Crippen molar-refractivity contribution in [1.29, 1.82) is 0 Å². The normalized spacial score (nSPS) is 16.0. The van der Waals surface area contributed by atoms with Crippen LogP contribution in [0.15, 0.2) is 36.5 Å². The first kappa shape index (κ1) is 15.1. The van der Waals surface area contributed by atoms with E-state index in [4.69, 9.17) is 0 Å². The Morgan fingerprint density at radius 3 is 2.46 bits per heavy atom. The number of fused-ring (bicyclic) bond motifs is 1. The third-order valence-electron chi connectivity index (χ3n) is 5.22. The Kier molecular flexibility index (Phi) is 3.92. The highest BCUT2D eigenvalue weighted by molar-refractivity contribution is 5.99. The van der Waals surface area contributed by atoms with Gasteiger partial charge in [0.15, 0.2) is 5.82 Å². The van der Waals surface area contributed by atoms with Gasteiger partial charge in [-0.1, -0.05) is 37.6 Å². The van der Waals surface area contributed by atoms with E-state index in [0.717, 1.165) is 41.6 Å². The van der Waals surface area contributed by atoms with E-state index in [1.54, 1.807) is 6.20 Å². The molecule has 0 aliphatic carbocycles. The van der Waals surface area contributed by atoms with Gasteiger partial charge in [0, 0.05) is 37.1 Å². The molecule has 3 aromatic rings. The van der Waals surface area contributed by atoms with Crippen molar-refractivity contribution in [2.24, 2.45) is 13.0 Å². The fraction of sp³-hybridized carbons (Fsp3) is 0.421. The van der Waals surface area contributed by atoms with E-state index >= 15 is 0 Å². The van der Waals surface area contributed by atoms with Crippen LogP contribution in [0.25, 0.3) is 22.2 Å². The molecule has 3 heterocycles. The Morgan fingerprint density at radius 1 is 1.04 bits per heavy atom. The molecule has 0 atom stereocenters. The van der Waals surface area contributed by atoms with Crippen molar-refractivity contribution in [3.8, 4) is 11.4 Å². The minimum atomic E-state index is 0.856. The van der Waals surface area contributed by atoms with Gasteiger partial charge in [0.05, 0.1) is 5.69 Å². The second-order valence-electron chi connectivity index (χ2n) is 6.60. The molecule has 0 amide bonds. The van der Waals surface area contributed by atoms with Crippen LogP contribution < -0.4 is 4.90 Å². The van der Waals surface area contributed by atoms with E-state index in [2.05, 4.69) is 51.4 Å². The Labute approximate surface area is 142 Å². The van der Waals surface area contributed by atoms with Crippen LogP contribution in [-0.2, 0) is 7.05 Å². The summed E-state index contributed by atoms with van der Waals surface area (Å²) in [5.41, 5.74) is 1.90. The zero-order valence-corrected chi connectivity index (χ0v) is 14.3. The standard InChI is InChI=1S/C19H23N5/c1-3-14-9-12-24(13-10-14)19-16-7-5-4-6-15(16)18(21-22-19)17-8-11-20-23(17)2/h4-8,11,14H,3,9-10,12-13H2,1-2H3. The molecule has 1 aliphatic rings. The maximum atomic E-state index is 4.61. The highest BCUT2D eigenvalue weighted by Gasteiger charge is 2.22. The SMILES string of the molecule is CCC1CCN(c2nnc(-c3ccnn3C)c3ccccc23)CC1. The fourth-order valence-electron chi connectivity index (χ4n) is 3.67. The zero-order chi connectivity index (χ0) is 16.5. The number of aryl methyl sites for hydroxylation is 1. The summed E-state index contributed by atoms with van der Waals surface area (Å²) in [6, 6.07) is 10.4. The van der Waals surface area contributed by atoms with E-state index in [1.165, 1.54) is 24.6 Å². The summed E-state index contributed by atoms with van der Waals surface area (Å²) in [5.74, 6) is 1.88. The Bertz CT molecular complexity index is 846. The molecule has 0 radical (unpaired) electrons. The molecule has 124 valence electrons. The molecule has 5 nitrogen and oxygen atoms in total. The molecule has 0 saturated carbocycles. The molecule has 1 saturated heterocycles. The van der Waals surface area contributed by atoms with Crippen LogP contribution in [0, 0.1) is 5.92 Å². The van der Waals surface area contributed by atoms with Gasteiger partial charge >= 0.3 is 0 Å². The number of hydrogen-bond acceptors (Lipinski definition) is 4. The van der Waals surface area contributed by atoms with Crippen LogP contribution in [-0.4, -0.2) is 33.1 Å². The van der Waals surface area contributed by atoms with Crippen molar-refractivity contribution >= 4 is 16.6 Å². The average molecular weight is 321 g/mol. The van der Waals surface area contributed by atoms with Crippen molar-refractivity contribution < 1.29 is 0 Å². The molecule has 2 aromatic heterocycles. The third kappa shape index (κ3) is 2.54. The molecule has 24 heavy (non-hydrogen) atoms. The molecule has 0 bridgehead atoms. The van der Waals surface area contributed by atoms with Gasteiger partial charge in [0.25, 0.3) is 0 Å². The summed E-state index contributed by atoms with van der Waals surface area (Å²) < 4.78 is 1.85. The predicted octanol–water partition coefficient (Wildman–Crippen LogP) is 3.66. The lowest BCUT2D eigenvalue weighted by atomic mass is 9.94. The summed E-state index contributed by atoms with van der Waals surface area (Å²) >= 11 is 0. The molecule has 0 N–H and O–H groups in total. The average Bonchev–Trinajstić information content (AvgIpc) is 3.07. The van der Waals surface area contributed by atoms with Gasteiger partial charge in [0.2, 0.25) is 0 Å². The van der Waals surface area contributed by atoms with Gasteiger partial charge in [-0.15, -0.1) is 10.2 Å². The third-order valence-corrected chi connectivity index (χ3v) is 5.22. The molecule has 4 rings (SSSR count).